The first-order valence-electron chi connectivity index (χ1n) is 6.86. The van der Waals surface area contributed by atoms with Crippen molar-refractivity contribution < 1.29 is 27.1 Å². The van der Waals surface area contributed by atoms with Crippen LogP contribution in [0.1, 0.15) is 12.8 Å². The maximum absolute atomic E-state index is 13.2. The third-order valence-electron chi connectivity index (χ3n) is 3.26. The van der Waals surface area contributed by atoms with E-state index in [0.717, 1.165) is 25.1 Å². The lowest BCUT2D eigenvalue weighted by atomic mass is 9.99. The summed E-state index contributed by atoms with van der Waals surface area (Å²) in [4.78, 5) is 12.1. The van der Waals surface area contributed by atoms with Crippen LogP contribution in [0.4, 0.5) is 23.2 Å². The van der Waals surface area contributed by atoms with Crippen LogP contribution in [-0.4, -0.2) is 31.8 Å². The molecule has 122 valence electrons. The summed E-state index contributed by atoms with van der Waals surface area (Å²) in [7, 11) is 0. The van der Waals surface area contributed by atoms with Gasteiger partial charge in [0.25, 0.3) is 0 Å². The predicted molar refractivity (Wildman–Crippen MR) is 72.2 cm³/mol. The van der Waals surface area contributed by atoms with E-state index >= 15 is 0 Å². The van der Waals surface area contributed by atoms with E-state index in [9.17, 15) is 22.4 Å². The van der Waals surface area contributed by atoms with Crippen molar-refractivity contribution in [3.05, 3.63) is 24.0 Å². The monoisotopic (exact) mass is 320 g/mol. The van der Waals surface area contributed by atoms with Crippen LogP contribution in [0.15, 0.2) is 18.2 Å². The van der Waals surface area contributed by atoms with Crippen LogP contribution < -0.4 is 15.4 Å². The van der Waals surface area contributed by atoms with E-state index in [-0.39, 0.29) is 23.3 Å². The zero-order valence-corrected chi connectivity index (χ0v) is 11.7. The van der Waals surface area contributed by atoms with E-state index in [0.29, 0.717) is 13.0 Å². The Balaban J connectivity index is 2.07. The third kappa shape index (κ3) is 4.87. The molecule has 1 amide bonds. The van der Waals surface area contributed by atoms with Crippen molar-refractivity contribution in [1.29, 1.82) is 0 Å². The molecule has 4 nitrogen and oxygen atoms in total. The van der Waals surface area contributed by atoms with E-state index in [1.165, 1.54) is 6.07 Å². The average Bonchev–Trinajstić information content (AvgIpc) is 2.47. The molecule has 1 aromatic carbocycles. The predicted octanol–water partition coefficient (Wildman–Crippen LogP) is 2.70. The summed E-state index contributed by atoms with van der Waals surface area (Å²) in [5.41, 5.74) is 0.0289. The average molecular weight is 320 g/mol. The molecule has 0 spiro atoms. The second-order valence-electron chi connectivity index (χ2n) is 5.08. The lowest BCUT2D eigenvalue weighted by molar-refractivity contribution is -0.153. The number of ether oxygens (including phenoxy) is 1. The van der Waals surface area contributed by atoms with Crippen LogP contribution in [0.2, 0.25) is 0 Å². The van der Waals surface area contributed by atoms with E-state index in [1.807, 2.05) is 0 Å². The Labute approximate surface area is 124 Å². The van der Waals surface area contributed by atoms with Gasteiger partial charge in [0.15, 0.2) is 6.61 Å². The molecular weight excluding hydrogens is 304 g/mol. The fraction of sp³-hybridized carbons (Fsp3) is 0.500. The largest absolute Gasteiger partial charge is 0.482 e. The molecule has 1 unspecified atom stereocenters. The normalized spacial score (nSPS) is 18.8. The third-order valence-corrected chi connectivity index (χ3v) is 3.26. The Morgan fingerprint density at radius 2 is 2.18 bits per heavy atom. The van der Waals surface area contributed by atoms with Gasteiger partial charge >= 0.3 is 6.18 Å². The molecule has 0 aromatic heterocycles. The molecule has 1 fully saturated rings. The number of hydrogen-bond acceptors (Lipinski definition) is 3. The minimum atomic E-state index is -4.54. The van der Waals surface area contributed by atoms with Crippen molar-refractivity contribution in [2.24, 2.45) is 5.92 Å². The second kappa shape index (κ2) is 6.95. The van der Waals surface area contributed by atoms with E-state index in [4.69, 9.17) is 0 Å². The number of alkyl halides is 3. The van der Waals surface area contributed by atoms with E-state index < -0.39 is 18.6 Å². The van der Waals surface area contributed by atoms with Gasteiger partial charge < -0.3 is 15.4 Å². The number of amides is 1. The molecular formula is C14H16F4N2O2. The number of nitrogens with one attached hydrogen (secondary N) is 2. The quantitative estimate of drug-likeness (QED) is 0.839. The van der Waals surface area contributed by atoms with Gasteiger partial charge in [0, 0.05) is 12.6 Å². The first-order chi connectivity index (χ1) is 10.3. The molecule has 1 atom stereocenters. The van der Waals surface area contributed by atoms with Gasteiger partial charge in [-0.3, -0.25) is 4.79 Å². The molecule has 1 aliphatic heterocycles. The molecule has 0 aliphatic carbocycles. The molecule has 1 aliphatic rings. The summed E-state index contributed by atoms with van der Waals surface area (Å²) in [5, 5.41) is 5.58. The minimum absolute atomic E-state index is 0.0289. The van der Waals surface area contributed by atoms with Gasteiger partial charge in [-0.2, -0.15) is 13.2 Å². The van der Waals surface area contributed by atoms with Crippen molar-refractivity contribution in [2.45, 2.75) is 19.0 Å². The van der Waals surface area contributed by atoms with Crippen LogP contribution >= 0.6 is 0 Å². The van der Waals surface area contributed by atoms with Gasteiger partial charge in [-0.05, 0) is 31.5 Å². The maximum Gasteiger partial charge on any atom is 0.422 e. The van der Waals surface area contributed by atoms with Gasteiger partial charge in [0.05, 0.1) is 11.6 Å². The highest BCUT2D eigenvalue weighted by atomic mass is 19.4. The highest BCUT2D eigenvalue weighted by molar-refractivity contribution is 5.94. The zero-order chi connectivity index (χ0) is 16.2. The summed E-state index contributed by atoms with van der Waals surface area (Å²) >= 11 is 0. The first kappa shape index (κ1) is 16.5. The second-order valence-corrected chi connectivity index (χ2v) is 5.08. The molecule has 8 heteroatoms. The van der Waals surface area contributed by atoms with Crippen LogP contribution in [0, 0.1) is 11.7 Å². The zero-order valence-electron chi connectivity index (χ0n) is 11.7. The number of piperidine rings is 1. The smallest absolute Gasteiger partial charge is 0.422 e. The van der Waals surface area contributed by atoms with Gasteiger partial charge in [-0.25, -0.2) is 4.39 Å². The number of benzene rings is 1. The van der Waals surface area contributed by atoms with Crippen molar-refractivity contribution in [3.63, 3.8) is 0 Å². The highest BCUT2D eigenvalue weighted by Gasteiger charge is 2.29. The van der Waals surface area contributed by atoms with Crippen molar-refractivity contribution >= 4 is 11.6 Å². The number of halogens is 4. The lowest BCUT2D eigenvalue weighted by Gasteiger charge is -2.22. The summed E-state index contributed by atoms with van der Waals surface area (Å²) in [6, 6.07) is 3.06. The van der Waals surface area contributed by atoms with Gasteiger partial charge in [-0.15, -0.1) is 0 Å². The van der Waals surface area contributed by atoms with Crippen molar-refractivity contribution in [3.8, 4) is 5.75 Å². The highest BCUT2D eigenvalue weighted by Crippen LogP contribution is 2.28. The van der Waals surface area contributed by atoms with Crippen LogP contribution in [-0.2, 0) is 4.79 Å². The van der Waals surface area contributed by atoms with E-state index in [2.05, 4.69) is 15.4 Å². The summed E-state index contributed by atoms with van der Waals surface area (Å²) < 4.78 is 54.4. The number of carbonyl (C=O) groups excluding carboxylic acids is 1. The maximum atomic E-state index is 13.2. The fourth-order valence-corrected chi connectivity index (χ4v) is 2.19. The van der Waals surface area contributed by atoms with Crippen molar-refractivity contribution in [1.82, 2.24) is 5.32 Å². The first-order valence-corrected chi connectivity index (χ1v) is 6.86. The van der Waals surface area contributed by atoms with Gasteiger partial charge in [0.1, 0.15) is 11.6 Å². The van der Waals surface area contributed by atoms with Gasteiger partial charge in [0.2, 0.25) is 5.91 Å². The molecule has 2 rings (SSSR count). The standard InChI is InChI=1S/C14H16F4N2O2/c15-10-3-4-11(12(6-10)22-8-14(16,17)18)20-13(21)9-2-1-5-19-7-9/h3-4,6,9,19H,1-2,5,7-8H2,(H,20,21). The summed E-state index contributed by atoms with van der Waals surface area (Å²) in [6.45, 7) is -0.212. The Bertz CT molecular complexity index is 528. The Hall–Kier alpha value is -1.83. The SMILES string of the molecule is O=C(Nc1ccc(F)cc1OCC(F)(F)F)C1CCCNC1. The van der Waals surface area contributed by atoms with Crippen LogP contribution in [0.25, 0.3) is 0 Å². The topological polar surface area (TPSA) is 50.4 Å². The molecule has 0 bridgehead atoms. The molecule has 1 saturated heterocycles. The molecule has 1 aromatic rings. The molecule has 1 heterocycles. The molecule has 22 heavy (non-hydrogen) atoms. The molecule has 2 N–H and O–H groups in total. The minimum Gasteiger partial charge on any atom is -0.482 e. The Kier molecular flexibility index (Phi) is 5.23. The number of rotatable bonds is 4. The fourth-order valence-electron chi connectivity index (χ4n) is 2.19. The number of anilines is 1. The van der Waals surface area contributed by atoms with Crippen LogP contribution in [0.3, 0.4) is 0 Å². The Morgan fingerprint density at radius 1 is 1.41 bits per heavy atom. The van der Waals surface area contributed by atoms with E-state index in [1.54, 1.807) is 0 Å². The van der Waals surface area contributed by atoms with Crippen molar-refractivity contribution in [2.75, 3.05) is 25.0 Å². The lowest BCUT2D eigenvalue weighted by Crippen LogP contribution is -2.37. The Morgan fingerprint density at radius 3 is 2.82 bits per heavy atom. The number of carbonyl (C=O) groups is 1. The van der Waals surface area contributed by atoms with Gasteiger partial charge in [-0.1, -0.05) is 0 Å². The summed E-state index contributed by atoms with van der Waals surface area (Å²) in [5.74, 6) is -1.67. The van der Waals surface area contributed by atoms with Crippen LogP contribution in [0.5, 0.6) is 5.75 Å². The number of hydrogen-bond donors (Lipinski definition) is 2. The molecule has 0 saturated carbocycles. The summed E-state index contributed by atoms with van der Waals surface area (Å²) in [6.07, 6.45) is -3.00. The molecule has 0 radical (unpaired) electrons.